The van der Waals surface area contributed by atoms with Crippen molar-refractivity contribution < 1.29 is 9.90 Å². The lowest BCUT2D eigenvalue weighted by Crippen LogP contribution is -1.91. The van der Waals surface area contributed by atoms with Crippen LogP contribution in [0.3, 0.4) is 0 Å². The highest BCUT2D eigenvalue weighted by atomic mass is 16.4. The molecule has 0 aromatic rings. The Morgan fingerprint density at radius 1 is 1.00 bits per heavy atom. The first-order valence-electron chi connectivity index (χ1n) is 6.99. The van der Waals surface area contributed by atoms with E-state index in [1.165, 1.54) is 38.5 Å². The fraction of sp³-hybridized carbons (Fsp3) is 0.800. The first-order chi connectivity index (χ1) is 8.13. The molecule has 0 fully saturated rings. The molecule has 0 saturated carbocycles. The van der Waals surface area contributed by atoms with Gasteiger partial charge in [-0.25, -0.2) is 0 Å². The average Bonchev–Trinajstić information content (AvgIpc) is 2.25. The third kappa shape index (κ3) is 15.2. The number of rotatable bonds is 11. The smallest absolute Gasteiger partial charge is 0.303 e. The Morgan fingerprint density at radius 2 is 1.59 bits per heavy atom. The van der Waals surface area contributed by atoms with Crippen molar-refractivity contribution in [3.63, 3.8) is 0 Å². The first kappa shape index (κ1) is 16.2. The Kier molecular flexibility index (Phi) is 11.1. The van der Waals surface area contributed by atoms with Gasteiger partial charge in [0.2, 0.25) is 0 Å². The lowest BCUT2D eigenvalue weighted by molar-refractivity contribution is -0.136. The van der Waals surface area contributed by atoms with Crippen molar-refractivity contribution >= 4 is 5.97 Å². The number of aliphatic carboxylic acids is 1. The predicted molar refractivity (Wildman–Crippen MR) is 73.2 cm³/mol. The van der Waals surface area contributed by atoms with Crippen LogP contribution >= 0.6 is 0 Å². The van der Waals surface area contributed by atoms with Gasteiger partial charge in [-0.1, -0.05) is 58.1 Å². The van der Waals surface area contributed by atoms with E-state index in [-0.39, 0.29) is 6.42 Å². The molecule has 17 heavy (non-hydrogen) atoms. The van der Waals surface area contributed by atoms with Crippen molar-refractivity contribution in [2.45, 2.75) is 71.6 Å². The Hall–Kier alpha value is -0.790. The molecule has 0 unspecified atom stereocenters. The largest absolute Gasteiger partial charge is 0.481 e. The molecule has 2 nitrogen and oxygen atoms in total. The second-order valence-electron chi connectivity index (χ2n) is 5.14. The average molecular weight is 240 g/mol. The zero-order valence-electron chi connectivity index (χ0n) is 11.5. The number of allylic oxidation sites excluding steroid dienone is 2. The predicted octanol–water partition coefficient (Wildman–Crippen LogP) is 4.79. The monoisotopic (exact) mass is 240 g/mol. The molecule has 0 amide bonds. The van der Waals surface area contributed by atoms with Crippen LogP contribution in [0.5, 0.6) is 0 Å². The summed E-state index contributed by atoms with van der Waals surface area (Å²) in [5, 5.41) is 8.44. The van der Waals surface area contributed by atoms with Crippen LogP contribution in [0.25, 0.3) is 0 Å². The highest BCUT2D eigenvalue weighted by Gasteiger charge is 1.94. The van der Waals surface area contributed by atoms with E-state index in [4.69, 9.17) is 5.11 Å². The van der Waals surface area contributed by atoms with E-state index < -0.39 is 5.97 Å². The van der Waals surface area contributed by atoms with Gasteiger partial charge in [0, 0.05) is 6.42 Å². The van der Waals surface area contributed by atoms with Crippen LogP contribution in [0, 0.1) is 5.92 Å². The van der Waals surface area contributed by atoms with Crippen molar-refractivity contribution in [1.82, 2.24) is 0 Å². The van der Waals surface area contributed by atoms with E-state index in [1.54, 1.807) is 0 Å². The summed E-state index contributed by atoms with van der Waals surface area (Å²) in [5.74, 6) is 0.131. The molecule has 0 aliphatic heterocycles. The Balaban J connectivity index is 3.10. The maximum Gasteiger partial charge on any atom is 0.303 e. The first-order valence-corrected chi connectivity index (χ1v) is 6.99. The lowest BCUT2D eigenvalue weighted by atomic mass is 10.0. The molecule has 0 aliphatic rings. The van der Waals surface area contributed by atoms with Gasteiger partial charge >= 0.3 is 5.97 Å². The molecule has 100 valence electrons. The molecule has 0 atom stereocenters. The van der Waals surface area contributed by atoms with Gasteiger partial charge in [-0.05, 0) is 25.2 Å². The summed E-state index contributed by atoms with van der Waals surface area (Å²) in [4.78, 5) is 10.2. The number of hydrogen-bond acceptors (Lipinski definition) is 1. The number of hydrogen-bond donors (Lipinski definition) is 1. The normalized spacial score (nSPS) is 11.5. The van der Waals surface area contributed by atoms with Crippen molar-refractivity contribution in [2.75, 3.05) is 0 Å². The van der Waals surface area contributed by atoms with Crippen LogP contribution in [0.2, 0.25) is 0 Å². The number of unbranched alkanes of at least 4 members (excludes halogenated alkanes) is 5. The van der Waals surface area contributed by atoms with Gasteiger partial charge in [0.1, 0.15) is 0 Å². The van der Waals surface area contributed by atoms with Crippen LogP contribution in [-0.2, 0) is 4.79 Å². The van der Waals surface area contributed by atoms with E-state index >= 15 is 0 Å². The number of carboxylic acids is 1. The minimum atomic E-state index is -0.709. The molecule has 0 heterocycles. The van der Waals surface area contributed by atoms with Crippen molar-refractivity contribution in [2.24, 2.45) is 5.92 Å². The highest BCUT2D eigenvalue weighted by molar-refractivity contribution is 5.66. The molecule has 0 bridgehead atoms. The van der Waals surface area contributed by atoms with Gasteiger partial charge in [0.25, 0.3) is 0 Å². The summed E-state index contributed by atoms with van der Waals surface area (Å²) in [6.07, 6.45) is 14.1. The summed E-state index contributed by atoms with van der Waals surface area (Å²) in [7, 11) is 0. The van der Waals surface area contributed by atoms with Gasteiger partial charge in [-0.15, -0.1) is 0 Å². The van der Waals surface area contributed by atoms with Crippen LogP contribution in [0.4, 0.5) is 0 Å². The Bertz CT molecular complexity index is 207. The summed E-state index contributed by atoms with van der Waals surface area (Å²) >= 11 is 0. The highest BCUT2D eigenvalue weighted by Crippen LogP contribution is 2.11. The third-order valence-electron chi connectivity index (χ3n) is 2.84. The van der Waals surface area contributed by atoms with Crippen LogP contribution in [-0.4, -0.2) is 11.1 Å². The molecule has 1 N–H and O–H groups in total. The molecule has 0 aliphatic carbocycles. The van der Waals surface area contributed by atoms with E-state index in [0.29, 0.717) is 6.42 Å². The van der Waals surface area contributed by atoms with Gasteiger partial charge < -0.3 is 5.11 Å². The molecule has 0 rings (SSSR count). The fourth-order valence-corrected chi connectivity index (χ4v) is 1.79. The Morgan fingerprint density at radius 3 is 2.24 bits per heavy atom. The van der Waals surface area contributed by atoms with Gasteiger partial charge in [0.15, 0.2) is 0 Å². The van der Waals surface area contributed by atoms with E-state index in [0.717, 1.165) is 12.3 Å². The molecule has 0 spiro atoms. The van der Waals surface area contributed by atoms with Crippen LogP contribution in [0.15, 0.2) is 12.2 Å². The van der Waals surface area contributed by atoms with Gasteiger partial charge in [-0.3, -0.25) is 4.79 Å². The van der Waals surface area contributed by atoms with Crippen molar-refractivity contribution in [1.29, 1.82) is 0 Å². The number of carboxylic acid groups (broad SMARTS) is 1. The molecule has 2 heteroatoms. The van der Waals surface area contributed by atoms with E-state index in [9.17, 15) is 4.79 Å². The van der Waals surface area contributed by atoms with Crippen LogP contribution in [0.1, 0.15) is 71.6 Å². The maximum absolute atomic E-state index is 10.2. The minimum absolute atomic E-state index is 0.256. The van der Waals surface area contributed by atoms with Crippen LogP contribution < -0.4 is 0 Å². The summed E-state index contributed by atoms with van der Waals surface area (Å²) in [5.41, 5.74) is 0. The number of carbonyl (C=O) groups is 1. The topological polar surface area (TPSA) is 37.3 Å². The summed E-state index contributed by atoms with van der Waals surface area (Å²) in [6, 6.07) is 0. The maximum atomic E-state index is 10.2. The fourth-order valence-electron chi connectivity index (χ4n) is 1.79. The van der Waals surface area contributed by atoms with E-state index in [2.05, 4.69) is 19.9 Å². The van der Waals surface area contributed by atoms with Crippen molar-refractivity contribution in [3.8, 4) is 0 Å². The summed E-state index contributed by atoms with van der Waals surface area (Å²) < 4.78 is 0. The summed E-state index contributed by atoms with van der Waals surface area (Å²) in [6.45, 7) is 4.56. The molecule has 0 saturated heterocycles. The zero-order valence-corrected chi connectivity index (χ0v) is 11.5. The molecular formula is C15H28O2. The van der Waals surface area contributed by atoms with Crippen molar-refractivity contribution in [3.05, 3.63) is 12.2 Å². The minimum Gasteiger partial charge on any atom is -0.481 e. The quantitative estimate of drug-likeness (QED) is 0.416. The second-order valence-corrected chi connectivity index (χ2v) is 5.14. The van der Waals surface area contributed by atoms with E-state index in [1.807, 2.05) is 6.08 Å². The Labute approximate surface area is 106 Å². The molecule has 0 radical (unpaired) electrons. The molecule has 0 aromatic heterocycles. The zero-order chi connectivity index (χ0) is 12.9. The standard InChI is InChI=1S/C15H28O2/c1-14(2)12-10-8-6-4-3-5-7-9-11-13-15(16)17/h7,9,14H,3-6,8,10-13H2,1-2H3,(H,16,17)/b9-7+. The lowest BCUT2D eigenvalue weighted by Gasteiger charge is -2.03. The molecular weight excluding hydrogens is 212 g/mol. The third-order valence-corrected chi connectivity index (χ3v) is 2.84. The van der Waals surface area contributed by atoms with Gasteiger partial charge in [0.05, 0.1) is 0 Å². The second kappa shape index (κ2) is 11.7. The molecule has 0 aromatic carbocycles. The SMILES string of the molecule is CC(C)CCCCCCC/C=C/CCC(=O)O. The van der Waals surface area contributed by atoms with Gasteiger partial charge in [-0.2, -0.15) is 0 Å².